The molecule has 3 rings (SSSR count). The number of nitrogens with one attached hydrogen (secondary N) is 1. The lowest BCUT2D eigenvalue weighted by Gasteiger charge is -1.99. The molecule has 0 atom stereocenters. The van der Waals surface area contributed by atoms with E-state index < -0.39 is 12.1 Å². The first-order valence-electron chi connectivity index (χ1n) is 6.26. The molecule has 0 radical (unpaired) electrons. The van der Waals surface area contributed by atoms with Crippen molar-refractivity contribution < 1.29 is 28.6 Å². The second-order valence-electron chi connectivity index (χ2n) is 4.43. The lowest BCUT2D eigenvalue weighted by molar-refractivity contribution is -0.0544. The van der Waals surface area contributed by atoms with Gasteiger partial charge in [0.15, 0.2) is 5.58 Å². The molecule has 23 heavy (non-hydrogen) atoms. The van der Waals surface area contributed by atoms with Crippen molar-refractivity contribution in [1.29, 1.82) is 0 Å². The van der Waals surface area contributed by atoms with Crippen LogP contribution < -0.4 is 5.32 Å². The molecule has 9 heteroatoms. The highest BCUT2D eigenvalue weighted by Crippen LogP contribution is 2.26. The van der Waals surface area contributed by atoms with Crippen molar-refractivity contribution in [2.45, 2.75) is 0 Å². The third-order valence-corrected chi connectivity index (χ3v) is 2.93. The van der Waals surface area contributed by atoms with Gasteiger partial charge in [0, 0.05) is 28.0 Å². The molecule has 8 nitrogen and oxygen atoms in total. The van der Waals surface area contributed by atoms with Crippen molar-refractivity contribution in [3.05, 3.63) is 42.2 Å². The van der Waals surface area contributed by atoms with Crippen molar-refractivity contribution in [1.82, 2.24) is 9.97 Å². The fourth-order valence-electron chi connectivity index (χ4n) is 1.94. The van der Waals surface area contributed by atoms with Gasteiger partial charge in [-0.1, -0.05) is 0 Å². The quantitative estimate of drug-likeness (QED) is 0.763. The number of pyridine rings is 1. The van der Waals surface area contributed by atoms with Gasteiger partial charge in [0.25, 0.3) is 0 Å². The van der Waals surface area contributed by atoms with Crippen molar-refractivity contribution in [2.24, 2.45) is 0 Å². The van der Waals surface area contributed by atoms with E-state index in [0.29, 0.717) is 16.7 Å². The fourth-order valence-corrected chi connectivity index (χ4v) is 1.94. The van der Waals surface area contributed by atoms with E-state index in [1.54, 1.807) is 12.1 Å². The Kier molecular flexibility index (Phi) is 3.59. The van der Waals surface area contributed by atoms with E-state index in [-0.39, 0.29) is 17.3 Å². The molecule has 0 fully saturated rings. The first-order valence-corrected chi connectivity index (χ1v) is 6.26. The van der Waals surface area contributed by atoms with Crippen LogP contribution in [0.3, 0.4) is 0 Å². The Labute approximate surface area is 127 Å². The monoisotopic (exact) mass is 317 g/mol. The molecule has 0 unspecified atom stereocenters. The van der Waals surface area contributed by atoms with Gasteiger partial charge < -0.3 is 9.52 Å². The summed E-state index contributed by atoms with van der Waals surface area (Å²) in [4.78, 5) is 32.7. The highest BCUT2D eigenvalue weighted by molar-refractivity contribution is 5.89. The zero-order chi connectivity index (χ0) is 16.4. The van der Waals surface area contributed by atoms with Gasteiger partial charge in [0.1, 0.15) is 11.2 Å². The summed E-state index contributed by atoms with van der Waals surface area (Å²) in [5, 5.41) is 11.1. The number of fused-ring (bicyclic) bond motifs is 1. The first-order chi connectivity index (χ1) is 11.1. The zero-order valence-electron chi connectivity index (χ0n) is 11.3. The fraction of sp³-hybridized carbons (Fsp3) is 0. The number of oxazole rings is 1. The molecule has 2 N–H and O–H groups in total. The second kappa shape index (κ2) is 5.72. The number of aromatic nitrogens is 2. The molecule has 0 spiro atoms. The molecule has 116 valence electrons. The minimum Gasteiger partial charge on any atom is -0.477 e. The Balaban J connectivity index is 1.98. The van der Waals surface area contributed by atoms with Crippen LogP contribution in [0.2, 0.25) is 0 Å². The number of hydrogen-bond donors (Lipinski definition) is 2. The zero-order valence-corrected chi connectivity index (χ0v) is 11.3. The summed E-state index contributed by atoms with van der Waals surface area (Å²) in [6.45, 7) is 0. The maximum absolute atomic E-state index is 11.7. The lowest BCUT2D eigenvalue weighted by Crippen LogP contribution is -2.08. The smallest absolute Gasteiger partial charge is 0.449 e. The Bertz CT molecular complexity index is 908. The van der Waals surface area contributed by atoms with E-state index in [9.17, 15) is 14.1 Å². The predicted molar refractivity (Wildman–Crippen MR) is 75.4 cm³/mol. The SMILES string of the molecule is O=C(Nc1ccc2nc(-c3ccnc(C(=O)O)c3)oc2c1)OF. The summed E-state index contributed by atoms with van der Waals surface area (Å²) in [6, 6.07) is 7.35. The minimum atomic E-state index is -1.26. The van der Waals surface area contributed by atoms with Gasteiger partial charge in [-0.05, 0) is 24.3 Å². The second-order valence-corrected chi connectivity index (χ2v) is 4.43. The molecule has 1 amide bonds. The Morgan fingerprint density at radius 2 is 2.09 bits per heavy atom. The van der Waals surface area contributed by atoms with Crippen molar-refractivity contribution in [2.75, 3.05) is 5.32 Å². The number of carboxylic acids is 1. The number of carbonyl (C=O) groups is 2. The molecule has 0 aliphatic rings. The van der Waals surface area contributed by atoms with Crippen LogP contribution in [0.4, 0.5) is 15.0 Å². The highest BCUT2D eigenvalue weighted by atomic mass is 19.3. The standard InChI is InChI=1S/C14H8FN3O5/c15-23-14(21)17-8-1-2-9-11(6-8)22-12(18-9)7-3-4-16-10(5-7)13(19)20/h1-6H,(H,17,21)(H,19,20). The minimum absolute atomic E-state index is 0.141. The number of rotatable bonds is 3. The van der Waals surface area contributed by atoms with Crippen LogP contribution in [0.1, 0.15) is 10.5 Å². The molecular weight excluding hydrogens is 309 g/mol. The van der Waals surface area contributed by atoms with Crippen LogP contribution in [-0.4, -0.2) is 27.1 Å². The van der Waals surface area contributed by atoms with Crippen molar-refractivity contribution in [3.63, 3.8) is 0 Å². The molecule has 1 aromatic carbocycles. The number of carboxylic acid groups (broad SMARTS) is 1. The van der Waals surface area contributed by atoms with E-state index in [2.05, 4.69) is 20.2 Å². The van der Waals surface area contributed by atoms with E-state index in [0.717, 1.165) is 0 Å². The van der Waals surface area contributed by atoms with Crippen molar-refractivity contribution >= 4 is 28.8 Å². The first kappa shape index (κ1) is 14.4. The summed E-state index contributed by atoms with van der Waals surface area (Å²) in [5.41, 5.74) is 1.35. The molecule has 2 heterocycles. The van der Waals surface area contributed by atoms with Gasteiger partial charge in [-0.2, -0.15) is 0 Å². The molecule has 3 aromatic rings. The summed E-state index contributed by atoms with van der Waals surface area (Å²) >= 11 is 0. The molecule has 0 bridgehead atoms. The van der Waals surface area contributed by atoms with Gasteiger partial charge in [-0.15, -0.1) is 0 Å². The van der Waals surface area contributed by atoms with Crippen LogP contribution in [0.15, 0.2) is 40.9 Å². The van der Waals surface area contributed by atoms with Crippen LogP contribution in [-0.2, 0) is 4.94 Å². The molecule has 0 saturated carbocycles. The van der Waals surface area contributed by atoms with Crippen LogP contribution in [0.5, 0.6) is 0 Å². The van der Waals surface area contributed by atoms with E-state index in [1.807, 2.05) is 0 Å². The summed E-state index contributed by atoms with van der Waals surface area (Å²) < 4.78 is 17.2. The number of carbonyl (C=O) groups excluding carboxylic acids is 1. The number of aromatic carboxylic acids is 1. The number of nitrogens with zero attached hydrogens (tertiary/aromatic N) is 2. The Hall–Kier alpha value is -3.49. The van der Waals surface area contributed by atoms with Gasteiger partial charge in [0.2, 0.25) is 5.89 Å². The summed E-state index contributed by atoms with van der Waals surface area (Å²) in [7, 11) is 0. The molecular formula is C14H8FN3O5. The Morgan fingerprint density at radius 3 is 2.83 bits per heavy atom. The predicted octanol–water partition coefficient (Wildman–Crippen LogP) is 3.02. The van der Waals surface area contributed by atoms with Gasteiger partial charge >= 0.3 is 12.1 Å². The number of anilines is 1. The van der Waals surface area contributed by atoms with E-state index >= 15 is 0 Å². The van der Waals surface area contributed by atoms with Gasteiger partial charge in [-0.3, -0.25) is 5.32 Å². The van der Waals surface area contributed by atoms with E-state index in [1.165, 1.54) is 24.4 Å². The van der Waals surface area contributed by atoms with Crippen molar-refractivity contribution in [3.8, 4) is 11.5 Å². The van der Waals surface area contributed by atoms with Crippen LogP contribution in [0, 0.1) is 0 Å². The number of halogens is 1. The normalized spacial score (nSPS) is 10.5. The number of benzene rings is 1. The maximum atomic E-state index is 11.7. The molecule has 0 saturated heterocycles. The third-order valence-electron chi connectivity index (χ3n) is 2.93. The van der Waals surface area contributed by atoms with Crippen LogP contribution in [0.25, 0.3) is 22.6 Å². The summed E-state index contributed by atoms with van der Waals surface area (Å²) in [6.07, 6.45) is 0.0714. The highest BCUT2D eigenvalue weighted by Gasteiger charge is 2.13. The average Bonchev–Trinajstić information content (AvgIpc) is 2.98. The molecule has 0 aliphatic carbocycles. The Morgan fingerprint density at radius 1 is 1.26 bits per heavy atom. The van der Waals surface area contributed by atoms with Crippen LogP contribution >= 0.6 is 0 Å². The molecule has 0 aliphatic heterocycles. The van der Waals surface area contributed by atoms with Gasteiger partial charge in [-0.25, -0.2) is 24.5 Å². The van der Waals surface area contributed by atoms with Gasteiger partial charge in [0.05, 0.1) is 0 Å². The largest absolute Gasteiger partial charge is 0.477 e. The maximum Gasteiger partial charge on any atom is 0.449 e. The van der Waals surface area contributed by atoms with E-state index in [4.69, 9.17) is 9.52 Å². The number of hydrogen-bond acceptors (Lipinski definition) is 6. The molecule has 2 aromatic heterocycles. The number of amides is 1. The summed E-state index contributed by atoms with van der Waals surface area (Å²) in [5.74, 6) is -0.977. The average molecular weight is 317 g/mol. The third kappa shape index (κ3) is 2.93. The lowest BCUT2D eigenvalue weighted by atomic mass is 10.2. The topological polar surface area (TPSA) is 115 Å².